The van der Waals surface area contributed by atoms with Crippen molar-refractivity contribution in [3.8, 4) is 0 Å². The summed E-state index contributed by atoms with van der Waals surface area (Å²) in [5.74, 6) is -1.79. The van der Waals surface area contributed by atoms with Gasteiger partial charge in [0.25, 0.3) is 0 Å². The average molecular weight is 363 g/mol. The molecule has 1 aliphatic heterocycles. The Kier molecular flexibility index (Phi) is 7.64. The summed E-state index contributed by atoms with van der Waals surface area (Å²) in [4.78, 5) is 45.1. The van der Waals surface area contributed by atoms with E-state index >= 15 is 0 Å². The van der Waals surface area contributed by atoms with E-state index < -0.39 is 47.7 Å². The number of esters is 3. The lowest BCUT2D eigenvalue weighted by Gasteiger charge is -2.43. The Bertz CT molecular complexity index is 509. The summed E-state index contributed by atoms with van der Waals surface area (Å²) < 4.78 is 20.9. The van der Waals surface area contributed by atoms with Crippen molar-refractivity contribution in [1.82, 2.24) is 0 Å². The number of ether oxygens (including phenoxy) is 4. The minimum absolute atomic E-state index is 0.220. The van der Waals surface area contributed by atoms with Crippen molar-refractivity contribution in [2.45, 2.75) is 57.5 Å². The van der Waals surface area contributed by atoms with Gasteiger partial charge in [-0.05, 0) is 0 Å². The second-order valence-corrected chi connectivity index (χ2v) is 6.46. The summed E-state index contributed by atoms with van der Waals surface area (Å²) in [5, 5.41) is -0.276. The van der Waals surface area contributed by atoms with Crippen LogP contribution < -0.4 is 5.73 Å². The van der Waals surface area contributed by atoms with Crippen LogP contribution in [-0.2, 0) is 38.1 Å². The van der Waals surface area contributed by atoms with Crippen molar-refractivity contribution in [2.24, 2.45) is 5.73 Å². The van der Waals surface area contributed by atoms with Crippen LogP contribution in [0.2, 0.25) is 0 Å². The molecule has 0 spiro atoms. The largest absolute Gasteiger partial charge is 0.463 e. The van der Waals surface area contributed by atoms with Gasteiger partial charge in [-0.1, -0.05) is 11.8 Å². The second-order valence-electron chi connectivity index (χ2n) is 5.18. The van der Waals surface area contributed by atoms with Gasteiger partial charge in [-0.2, -0.15) is 0 Å². The Balaban J connectivity index is 3.04. The maximum absolute atomic E-state index is 11.4. The quantitative estimate of drug-likeness (QED) is 0.515. The van der Waals surface area contributed by atoms with Crippen LogP contribution in [0.5, 0.6) is 0 Å². The third-order valence-electron chi connectivity index (χ3n) is 3.04. The molecule has 0 bridgehead atoms. The van der Waals surface area contributed by atoms with Crippen molar-refractivity contribution in [1.29, 1.82) is 0 Å². The Labute approximate surface area is 143 Å². The summed E-state index contributed by atoms with van der Waals surface area (Å²) in [5.41, 5.74) is 5.17. The van der Waals surface area contributed by atoms with Crippen LogP contribution in [0.3, 0.4) is 0 Å². The lowest BCUT2D eigenvalue weighted by atomic mass is 9.97. The first-order chi connectivity index (χ1) is 11.1. The minimum Gasteiger partial charge on any atom is -0.463 e. The number of hydrogen-bond acceptors (Lipinski definition) is 10. The highest BCUT2D eigenvalue weighted by atomic mass is 32.2. The highest BCUT2D eigenvalue weighted by molar-refractivity contribution is 8.14. The number of nitrogens with two attached hydrogens (primary N) is 1. The molecule has 0 aliphatic carbocycles. The minimum atomic E-state index is -1.01. The van der Waals surface area contributed by atoms with Crippen molar-refractivity contribution >= 4 is 34.8 Å². The summed E-state index contributed by atoms with van der Waals surface area (Å²) in [6.45, 7) is 4.69. The Morgan fingerprint density at radius 3 is 1.96 bits per heavy atom. The van der Waals surface area contributed by atoms with E-state index in [-0.39, 0.29) is 11.7 Å². The van der Waals surface area contributed by atoms with Crippen molar-refractivity contribution < 1.29 is 38.1 Å². The summed E-state index contributed by atoms with van der Waals surface area (Å²) in [6, 6.07) is -0.955. The number of carbonyl (C=O) groups is 4. The number of hydrogen-bond donors (Lipinski definition) is 1. The lowest BCUT2D eigenvalue weighted by molar-refractivity contribution is -0.201. The van der Waals surface area contributed by atoms with Gasteiger partial charge in [-0.15, -0.1) is 0 Å². The highest BCUT2D eigenvalue weighted by Crippen LogP contribution is 2.31. The van der Waals surface area contributed by atoms with Gasteiger partial charge in [0.05, 0.1) is 6.04 Å². The number of thioether (sulfide) groups is 1. The fourth-order valence-electron chi connectivity index (χ4n) is 2.21. The zero-order valence-corrected chi connectivity index (χ0v) is 14.7. The molecule has 1 fully saturated rings. The molecule has 10 heteroatoms. The zero-order chi connectivity index (χ0) is 18.4. The van der Waals surface area contributed by atoms with E-state index in [0.717, 1.165) is 11.8 Å². The molecular weight excluding hydrogens is 342 g/mol. The maximum Gasteiger partial charge on any atom is 0.303 e. The van der Waals surface area contributed by atoms with Crippen LogP contribution >= 0.6 is 11.8 Å². The van der Waals surface area contributed by atoms with Gasteiger partial charge in [-0.3, -0.25) is 19.2 Å². The molecule has 0 aromatic carbocycles. The van der Waals surface area contributed by atoms with E-state index in [9.17, 15) is 19.2 Å². The predicted octanol–water partition coefficient (Wildman–Crippen LogP) is -0.255. The van der Waals surface area contributed by atoms with E-state index in [2.05, 4.69) is 0 Å². The fourth-order valence-corrected chi connectivity index (χ4v) is 3.10. The molecule has 24 heavy (non-hydrogen) atoms. The van der Waals surface area contributed by atoms with Gasteiger partial charge in [0.1, 0.15) is 24.3 Å². The lowest BCUT2D eigenvalue weighted by Crippen LogP contribution is -2.63. The van der Waals surface area contributed by atoms with E-state index in [1.165, 1.54) is 27.7 Å². The van der Waals surface area contributed by atoms with Crippen LogP contribution in [0.25, 0.3) is 0 Å². The number of rotatable bonds is 5. The molecule has 1 rings (SSSR count). The van der Waals surface area contributed by atoms with Crippen molar-refractivity contribution in [3.63, 3.8) is 0 Å². The third-order valence-corrected chi connectivity index (χ3v) is 3.98. The van der Waals surface area contributed by atoms with Gasteiger partial charge >= 0.3 is 17.9 Å². The van der Waals surface area contributed by atoms with E-state index in [4.69, 9.17) is 24.7 Å². The molecule has 0 saturated carbocycles. The van der Waals surface area contributed by atoms with Crippen LogP contribution in [0, 0.1) is 0 Å². The molecule has 5 unspecified atom stereocenters. The molecule has 0 amide bonds. The van der Waals surface area contributed by atoms with Gasteiger partial charge in [-0.25, -0.2) is 0 Å². The summed E-state index contributed by atoms with van der Waals surface area (Å²) >= 11 is 0.789. The van der Waals surface area contributed by atoms with Crippen LogP contribution in [0.4, 0.5) is 0 Å². The van der Waals surface area contributed by atoms with Gasteiger partial charge in [0.2, 0.25) is 0 Å². The molecule has 136 valence electrons. The monoisotopic (exact) mass is 363 g/mol. The van der Waals surface area contributed by atoms with Gasteiger partial charge < -0.3 is 24.7 Å². The third kappa shape index (κ3) is 6.10. The molecule has 1 saturated heterocycles. The topological polar surface area (TPSA) is 131 Å². The molecule has 1 heterocycles. The molecule has 0 radical (unpaired) electrons. The Morgan fingerprint density at radius 1 is 0.958 bits per heavy atom. The van der Waals surface area contributed by atoms with Gasteiger partial charge in [0, 0.05) is 27.7 Å². The average Bonchev–Trinajstić information content (AvgIpc) is 2.42. The summed E-state index contributed by atoms with van der Waals surface area (Å²) in [7, 11) is 0. The van der Waals surface area contributed by atoms with Crippen LogP contribution in [0.15, 0.2) is 0 Å². The molecule has 2 N–H and O–H groups in total. The van der Waals surface area contributed by atoms with Gasteiger partial charge in [0.15, 0.2) is 11.2 Å². The number of carbonyl (C=O) groups excluding carboxylic acids is 4. The summed E-state index contributed by atoms with van der Waals surface area (Å²) in [6.07, 6.45) is -2.90. The molecule has 5 atom stereocenters. The first-order valence-electron chi connectivity index (χ1n) is 7.18. The molecule has 0 aromatic heterocycles. The SMILES string of the molecule is CC(=O)OCC1OC(SC(C)=O)C(OC(C)=O)C(N)C1OC(C)=O. The molecule has 9 nitrogen and oxygen atoms in total. The van der Waals surface area contributed by atoms with Crippen LogP contribution in [0.1, 0.15) is 27.7 Å². The fraction of sp³-hybridized carbons (Fsp3) is 0.714. The predicted molar refractivity (Wildman–Crippen MR) is 82.6 cm³/mol. The van der Waals surface area contributed by atoms with E-state index in [0.29, 0.717) is 0 Å². The normalized spacial score (nSPS) is 29.5. The highest BCUT2D eigenvalue weighted by Gasteiger charge is 2.49. The van der Waals surface area contributed by atoms with Crippen LogP contribution in [-0.4, -0.2) is 59.4 Å². The van der Waals surface area contributed by atoms with E-state index in [1.807, 2.05) is 0 Å². The van der Waals surface area contributed by atoms with E-state index in [1.54, 1.807) is 0 Å². The standard InChI is InChI=1S/C14H21NO8S/c1-6(16)20-5-10-12(21-7(2)17)11(15)13(22-8(3)18)14(23-10)24-9(4)19/h10-14H,5,15H2,1-4H3. The smallest absolute Gasteiger partial charge is 0.303 e. The Morgan fingerprint density at radius 2 is 1.50 bits per heavy atom. The molecular formula is C14H21NO8S. The van der Waals surface area contributed by atoms with Crippen molar-refractivity contribution in [3.05, 3.63) is 0 Å². The first kappa shape index (κ1) is 20.4. The molecule has 0 aromatic rings. The first-order valence-corrected chi connectivity index (χ1v) is 8.05. The van der Waals surface area contributed by atoms with Crippen molar-refractivity contribution in [2.75, 3.05) is 6.61 Å². The zero-order valence-electron chi connectivity index (χ0n) is 13.8. The maximum atomic E-state index is 11.4. The Hall–Kier alpha value is -1.65. The second kappa shape index (κ2) is 9.00. The molecule has 1 aliphatic rings.